The number of nitrogens with two attached hydrogens (primary N) is 1. The molecule has 0 bridgehead atoms. The molecule has 8 heteroatoms. The first kappa shape index (κ1) is 14.5. The molecule has 8 nitrogen and oxygen atoms in total. The van der Waals surface area contributed by atoms with Crippen molar-refractivity contribution in [3.8, 4) is 0 Å². The van der Waals surface area contributed by atoms with Gasteiger partial charge in [0, 0.05) is 19.6 Å². The molecule has 1 aromatic heterocycles. The van der Waals surface area contributed by atoms with Crippen LogP contribution in [-0.2, 0) is 0 Å². The molecule has 1 aromatic rings. The summed E-state index contributed by atoms with van der Waals surface area (Å²) >= 11 is 0. The van der Waals surface area contributed by atoms with Crippen molar-refractivity contribution in [3.63, 3.8) is 0 Å². The number of rotatable bonds is 5. The minimum atomic E-state index is -0.443. The van der Waals surface area contributed by atoms with E-state index >= 15 is 0 Å². The Morgan fingerprint density at radius 3 is 2.95 bits per heavy atom. The number of nitrogens with one attached hydrogen (secondary N) is 1. The number of aromatic nitrogens is 1. The molecule has 1 aliphatic heterocycles. The van der Waals surface area contributed by atoms with Gasteiger partial charge in [-0.1, -0.05) is 0 Å². The van der Waals surface area contributed by atoms with Gasteiger partial charge in [-0.2, -0.15) is 0 Å². The SMILES string of the molecule is CN(CC1CCCN1C)c1cc([N+](=O)[O-])cc(NN)n1. The van der Waals surface area contributed by atoms with Crippen molar-refractivity contribution >= 4 is 17.3 Å². The maximum Gasteiger partial charge on any atom is 0.276 e. The van der Waals surface area contributed by atoms with E-state index in [2.05, 4.69) is 22.4 Å². The van der Waals surface area contributed by atoms with Crippen molar-refractivity contribution in [2.45, 2.75) is 18.9 Å². The van der Waals surface area contributed by atoms with E-state index in [0.29, 0.717) is 17.7 Å². The fourth-order valence-corrected chi connectivity index (χ4v) is 2.50. The van der Waals surface area contributed by atoms with E-state index in [1.807, 2.05) is 11.9 Å². The second-order valence-electron chi connectivity index (χ2n) is 5.13. The highest BCUT2D eigenvalue weighted by Crippen LogP contribution is 2.24. The summed E-state index contributed by atoms with van der Waals surface area (Å²) in [6.07, 6.45) is 2.32. The Morgan fingerprint density at radius 1 is 1.65 bits per heavy atom. The van der Waals surface area contributed by atoms with Gasteiger partial charge >= 0.3 is 0 Å². The first-order valence-electron chi connectivity index (χ1n) is 6.55. The molecule has 1 unspecified atom stereocenters. The van der Waals surface area contributed by atoms with Gasteiger partial charge in [0.05, 0.1) is 17.1 Å². The van der Waals surface area contributed by atoms with Crippen LogP contribution in [0.15, 0.2) is 12.1 Å². The van der Waals surface area contributed by atoms with E-state index in [4.69, 9.17) is 5.84 Å². The molecular formula is C12H20N6O2. The van der Waals surface area contributed by atoms with Crippen LogP contribution in [0.1, 0.15) is 12.8 Å². The van der Waals surface area contributed by atoms with Gasteiger partial charge in [-0.3, -0.25) is 10.1 Å². The minimum absolute atomic E-state index is 0.0189. The molecule has 2 heterocycles. The van der Waals surface area contributed by atoms with Gasteiger partial charge in [-0.15, -0.1) is 0 Å². The van der Waals surface area contributed by atoms with Gasteiger partial charge in [0.1, 0.15) is 11.6 Å². The summed E-state index contributed by atoms with van der Waals surface area (Å²) < 4.78 is 0. The maximum atomic E-state index is 10.9. The molecule has 0 amide bonds. The van der Waals surface area contributed by atoms with Crippen LogP contribution < -0.4 is 16.2 Å². The van der Waals surface area contributed by atoms with Crippen LogP contribution in [0.5, 0.6) is 0 Å². The molecule has 110 valence electrons. The zero-order valence-electron chi connectivity index (χ0n) is 11.7. The molecule has 1 atom stereocenters. The van der Waals surface area contributed by atoms with Gasteiger partial charge in [0.25, 0.3) is 5.69 Å². The van der Waals surface area contributed by atoms with E-state index in [9.17, 15) is 10.1 Å². The van der Waals surface area contributed by atoms with E-state index < -0.39 is 4.92 Å². The smallest absolute Gasteiger partial charge is 0.276 e. The number of nitrogens with zero attached hydrogens (tertiary/aromatic N) is 4. The second-order valence-corrected chi connectivity index (χ2v) is 5.13. The molecule has 20 heavy (non-hydrogen) atoms. The number of hydrogen-bond acceptors (Lipinski definition) is 7. The largest absolute Gasteiger partial charge is 0.358 e. The summed E-state index contributed by atoms with van der Waals surface area (Å²) in [5.74, 6) is 6.15. The predicted molar refractivity (Wildman–Crippen MR) is 77.6 cm³/mol. The van der Waals surface area contributed by atoms with Crippen molar-refractivity contribution in [1.29, 1.82) is 0 Å². The number of likely N-dealkylation sites (tertiary alicyclic amines) is 1. The lowest BCUT2D eigenvalue weighted by molar-refractivity contribution is -0.384. The number of pyridine rings is 1. The van der Waals surface area contributed by atoms with Gasteiger partial charge in [-0.05, 0) is 26.4 Å². The summed E-state index contributed by atoms with van der Waals surface area (Å²) in [4.78, 5) is 19.0. The molecule has 1 saturated heterocycles. The quantitative estimate of drug-likeness (QED) is 0.467. The van der Waals surface area contributed by atoms with Crippen LogP contribution in [-0.4, -0.2) is 48.0 Å². The highest BCUT2D eigenvalue weighted by atomic mass is 16.6. The first-order valence-corrected chi connectivity index (χ1v) is 6.55. The average Bonchev–Trinajstić information content (AvgIpc) is 2.83. The minimum Gasteiger partial charge on any atom is -0.358 e. The van der Waals surface area contributed by atoms with Crippen LogP contribution >= 0.6 is 0 Å². The Hall–Kier alpha value is -1.93. The number of hydrazine groups is 1. The molecule has 3 N–H and O–H groups in total. The van der Waals surface area contributed by atoms with E-state index in [-0.39, 0.29) is 5.69 Å². The van der Waals surface area contributed by atoms with Crippen molar-refractivity contribution in [2.24, 2.45) is 5.84 Å². The number of nitro groups is 1. The van der Waals surface area contributed by atoms with E-state index in [0.717, 1.165) is 19.5 Å². The lowest BCUT2D eigenvalue weighted by Crippen LogP contribution is -2.37. The van der Waals surface area contributed by atoms with Crippen molar-refractivity contribution in [1.82, 2.24) is 9.88 Å². The molecule has 0 spiro atoms. The van der Waals surface area contributed by atoms with Crippen LogP contribution in [0, 0.1) is 10.1 Å². The Balaban J connectivity index is 2.17. The number of likely N-dealkylation sites (N-methyl/N-ethyl adjacent to an activating group) is 2. The van der Waals surface area contributed by atoms with Crippen LogP contribution in [0.2, 0.25) is 0 Å². The Morgan fingerprint density at radius 2 is 2.40 bits per heavy atom. The lowest BCUT2D eigenvalue weighted by Gasteiger charge is -2.26. The molecule has 0 radical (unpaired) electrons. The van der Waals surface area contributed by atoms with Crippen molar-refractivity contribution in [3.05, 3.63) is 22.2 Å². The van der Waals surface area contributed by atoms with E-state index in [1.54, 1.807) is 0 Å². The molecule has 1 aliphatic rings. The van der Waals surface area contributed by atoms with Crippen LogP contribution in [0.3, 0.4) is 0 Å². The molecule has 0 aliphatic carbocycles. The summed E-state index contributed by atoms with van der Waals surface area (Å²) in [7, 11) is 3.98. The highest BCUT2D eigenvalue weighted by Gasteiger charge is 2.23. The third-order valence-electron chi connectivity index (χ3n) is 3.70. The van der Waals surface area contributed by atoms with Crippen molar-refractivity contribution in [2.75, 3.05) is 37.5 Å². The number of nitrogen functional groups attached to an aromatic ring is 1. The normalized spacial score (nSPS) is 19.1. The van der Waals surface area contributed by atoms with Gasteiger partial charge in [0.2, 0.25) is 0 Å². The standard InChI is InChI=1S/C12H20N6O2/c1-16-5-3-4-9(16)8-17(2)12-7-10(18(19)20)6-11(14-12)15-13/h6-7,9H,3-5,8,13H2,1-2H3,(H,14,15). The van der Waals surface area contributed by atoms with Gasteiger partial charge in [-0.25, -0.2) is 10.8 Å². The van der Waals surface area contributed by atoms with Gasteiger partial charge in [0.15, 0.2) is 0 Å². The third kappa shape index (κ3) is 3.14. The Labute approximate surface area is 117 Å². The molecular weight excluding hydrogens is 260 g/mol. The zero-order chi connectivity index (χ0) is 14.7. The highest BCUT2D eigenvalue weighted by molar-refractivity contribution is 5.55. The average molecular weight is 280 g/mol. The summed E-state index contributed by atoms with van der Waals surface area (Å²) in [5.41, 5.74) is 2.35. The van der Waals surface area contributed by atoms with Crippen LogP contribution in [0.4, 0.5) is 17.3 Å². The van der Waals surface area contributed by atoms with E-state index in [1.165, 1.54) is 18.6 Å². The maximum absolute atomic E-state index is 10.9. The molecule has 0 aromatic carbocycles. The number of hydrogen-bond donors (Lipinski definition) is 2. The number of anilines is 2. The fraction of sp³-hybridized carbons (Fsp3) is 0.583. The fourth-order valence-electron chi connectivity index (χ4n) is 2.50. The first-order chi connectivity index (χ1) is 9.51. The topological polar surface area (TPSA) is 101 Å². The van der Waals surface area contributed by atoms with Crippen LogP contribution in [0.25, 0.3) is 0 Å². The molecule has 2 rings (SSSR count). The molecule has 0 saturated carbocycles. The second kappa shape index (κ2) is 6.02. The van der Waals surface area contributed by atoms with Crippen molar-refractivity contribution < 1.29 is 4.92 Å². The zero-order valence-corrected chi connectivity index (χ0v) is 11.7. The third-order valence-corrected chi connectivity index (χ3v) is 3.70. The summed E-state index contributed by atoms with van der Waals surface area (Å²) in [6.45, 7) is 1.88. The lowest BCUT2D eigenvalue weighted by atomic mass is 10.2. The predicted octanol–water partition coefficient (Wildman–Crippen LogP) is 0.806. The summed E-state index contributed by atoms with van der Waals surface area (Å²) in [5, 5.41) is 10.9. The monoisotopic (exact) mass is 280 g/mol. The summed E-state index contributed by atoms with van der Waals surface area (Å²) in [6, 6.07) is 3.24. The Bertz CT molecular complexity index is 495. The Kier molecular flexibility index (Phi) is 4.35. The molecule has 1 fully saturated rings. The van der Waals surface area contributed by atoms with Gasteiger partial charge < -0.3 is 15.2 Å².